The standard InChI is InChI=1S/C18H22ClN3O5S/c1-5-8-27-17(24)12-10(4)14(18(25)26-7-3)28-16(12)20-15(23)13-11(19)9-22(6-2)21-13/h9H,5-8H2,1-4H3,(H,20,23). The van der Waals surface area contributed by atoms with E-state index in [0.29, 0.717) is 18.5 Å². The summed E-state index contributed by atoms with van der Waals surface area (Å²) in [6, 6.07) is 0. The lowest BCUT2D eigenvalue weighted by molar-refractivity contribution is 0.0506. The van der Waals surface area contributed by atoms with Gasteiger partial charge in [-0.05, 0) is 32.8 Å². The van der Waals surface area contributed by atoms with Gasteiger partial charge in [-0.2, -0.15) is 5.10 Å². The number of amides is 1. The van der Waals surface area contributed by atoms with Gasteiger partial charge in [0.2, 0.25) is 0 Å². The summed E-state index contributed by atoms with van der Waals surface area (Å²) in [4.78, 5) is 37.6. The van der Waals surface area contributed by atoms with Gasteiger partial charge in [0.05, 0.1) is 23.8 Å². The molecule has 0 unspecified atom stereocenters. The van der Waals surface area contributed by atoms with Crippen LogP contribution in [0, 0.1) is 6.92 Å². The number of thiophene rings is 1. The normalized spacial score (nSPS) is 10.6. The zero-order valence-electron chi connectivity index (χ0n) is 16.1. The number of aryl methyl sites for hydroxylation is 1. The third kappa shape index (κ3) is 4.71. The Morgan fingerprint density at radius 1 is 1.21 bits per heavy atom. The van der Waals surface area contributed by atoms with Crippen LogP contribution in [0.25, 0.3) is 0 Å². The highest BCUT2D eigenvalue weighted by atomic mass is 35.5. The van der Waals surface area contributed by atoms with Crippen molar-refractivity contribution < 1.29 is 23.9 Å². The molecule has 1 N–H and O–H groups in total. The minimum atomic E-state index is -0.619. The summed E-state index contributed by atoms with van der Waals surface area (Å²) in [5.41, 5.74) is 0.547. The Labute approximate surface area is 171 Å². The van der Waals surface area contributed by atoms with Gasteiger partial charge in [0.15, 0.2) is 5.69 Å². The molecule has 0 aliphatic carbocycles. The fourth-order valence-corrected chi connectivity index (χ4v) is 3.70. The first-order chi connectivity index (χ1) is 13.3. The fraction of sp³-hybridized carbons (Fsp3) is 0.444. The number of rotatable bonds is 8. The van der Waals surface area contributed by atoms with Gasteiger partial charge in [0.1, 0.15) is 9.88 Å². The van der Waals surface area contributed by atoms with Gasteiger partial charge < -0.3 is 14.8 Å². The first-order valence-corrected chi connectivity index (χ1v) is 10.0. The number of nitrogens with one attached hydrogen (secondary N) is 1. The predicted octanol–water partition coefficient (Wildman–Crippen LogP) is 3.92. The number of hydrogen-bond donors (Lipinski definition) is 1. The Bertz CT molecular complexity index is 890. The van der Waals surface area contributed by atoms with Crippen LogP contribution in [0.2, 0.25) is 5.02 Å². The molecular weight excluding hydrogens is 406 g/mol. The molecule has 0 aliphatic heterocycles. The van der Waals surface area contributed by atoms with E-state index in [1.54, 1.807) is 13.8 Å². The average molecular weight is 428 g/mol. The maximum atomic E-state index is 12.6. The van der Waals surface area contributed by atoms with Crippen molar-refractivity contribution in [3.05, 3.63) is 32.9 Å². The minimum absolute atomic E-state index is 0.0279. The molecule has 8 nitrogen and oxygen atoms in total. The van der Waals surface area contributed by atoms with E-state index >= 15 is 0 Å². The Hall–Kier alpha value is -2.39. The van der Waals surface area contributed by atoms with Crippen molar-refractivity contribution in [1.29, 1.82) is 0 Å². The summed E-state index contributed by atoms with van der Waals surface area (Å²) in [6.45, 7) is 7.99. The fourth-order valence-electron chi connectivity index (χ4n) is 2.38. The van der Waals surface area contributed by atoms with Crippen LogP contribution in [-0.2, 0) is 16.0 Å². The minimum Gasteiger partial charge on any atom is -0.462 e. The van der Waals surface area contributed by atoms with Gasteiger partial charge >= 0.3 is 11.9 Å². The number of hydrogen-bond acceptors (Lipinski definition) is 7. The Kier molecular flexibility index (Phi) is 7.59. The number of ether oxygens (including phenoxy) is 2. The lowest BCUT2D eigenvalue weighted by Crippen LogP contribution is -2.16. The molecular formula is C18H22ClN3O5S. The van der Waals surface area contributed by atoms with E-state index in [1.165, 1.54) is 10.9 Å². The zero-order valence-corrected chi connectivity index (χ0v) is 17.7. The largest absolute Gasteiger partial charge is 0.462 e. The van der Waals surface area contributed by atoms with Crippen molar-refractivity contribution in [3.8, 4) is 0 Å². The summed E-state index contributed by atoms with van der Waals surface area (Å²) in [6.07, 6.45) is 2.18. The number of halogens is 1. The number of esters is 2. The first kappa shape index (κ1) is 21.9. The molecule has 152 valence electrons. The van der Waals surface area contributed by atoms with Crippen LogP contribution in [0.3, 0.4) is 0 Å². The smallest absolute Gasteiger partial charge is 0.348 e. The number of nitrogens with zero attached hydrogens (tertiary/aromatic N) is 2. The molecule has 0 bridgehead atoms. The molecule has 0 saturated heterocycles. The van der Waals surface area contributed by atoms with Crippen molar-refractivity contribution in [2.24, 2.45) is 0 Å². The average Bonchev–Trinajstić information content (AvgIpc) is 3.19. The molecule has 0 saturated carbocycles. The highest BCUT2D eigenvalue weighted by molar-refractivity contribution is 7.18. The van der Waals surface area contributed by atoms with Crippen molar-refractivity contribution >= 4 is 45.8 Å². The molecule has 0 atom stereocenters. The van der Waals surface area contributed by atoms with E-state index in [-0.39, 0.29) is 39.4 Å². The molecule has 0 fully saturated rings. The second-order valence-corrected chi connectivity index (χ2v) is 7.18. The molecule has 0 radical (unpaired) electrons. The highest BCUT2D eigenvalue weighted by Crippen LogP contribution is 2.35. The zero-order chi connectivity index (χ0) is 20.8. The summed E-state index contributed by atoms with van der Waals surface area (Å²) < 4.78 is 11.8. The molecule has 0 spiro atoms. The maximum Gasteiger partial charge on any atom is 0.348 e. The quantitative estimate of drug-likeness (QED) is 0.641. The van der Waals surface area contributed by atoms with Crippen LogP contribution < -0.4 is 5.32 Å². The number of carbonyl (C=O) groups excluding carboxylic acids is 3. The van der Waals surface area contributed by atoms with E-state index in [9.17, 15) is 14.4 Å². The molecule has 1 amide bonds. The summed E-state index contributed by atoms with van der Waals surface area (Å²) in [5.74, 6) is -1.77. The van der Waals surface area contributed by atoms with Crippen LogP contribution in [0.5, 0.6) is 0 Å². The van der Waals surface area contributed by atoms with E-state index in [0.717, 1.165) is 11.3 Å². The van der Waals surface area contributed by atoms with Crippen molar-refractivity contribution in [1.82, 2.24) is 9.78 Å². The molecule has 10 heteroatoms. The Morgan fingerprint density at radius 2 is 1.93 bits per heavy atom. The summed E-state index contributed by atoms with van der Waals surface area (Å²) >= 11 is 7.03. The summed E-state index contributed by atoms with van der Waals surface area (Å²) in [5, 5.41) is 7.12. The third-order valence-corrected chi connectivity index (χ3v) is 5.20. The highest BCUT2D eigenvalue weighted by Gasteiger charge is 2.28. The SMILES string of the molecule is CCCOC(=O)c1c(NC(=O)c2nn(CC)cc2Cl)sc(C(=O)OCC)c1C. The number of carbonyl (C=O) groups is 3. The lowest BCUT2D eigenvalue weighted by atomic mass is 10.1. The molecule has 2 aromatic heterocycles. The van der Waals surface area contributed by atoms with Crippen LogP contribution >= 0.6 is 22.9 Å². The maximum absolute atomic E-state index is 12.6. The van der Waals surface area contributed by atoms with E-state index in [2.05, 4.69) is 10.4 Å². The van der Waals surface area contributed by atoms with Crippen molar-refractivity contribution in [2.45, 2.75) is 40.7 Å². The molecule has 2 aromatic rings. The van der Waals surface area contributed by atoms with Crippen molar-refractivity contribution in [3.63, 3.8) is 0 Å². The second-order valence-electron chi connectivity index (χ2n) is 5.75. The van der Waals surface area contributed by atoms with E-state index in [4.69, 9.17) is 21.1 Å². The van der Waals surface area contributed by atoms with Crippen LogP contribution in [0.4, 0.5) is 5.00 Å². The lowest BCUT2D eigenvalue weighted by Gasteiger charge is -2.07. The molecule has 0 aliphatic rings. The van der Waals surface area contributed by atoms with Gasteiger partial charge in [0, 0.05) is 12.7 Å². The van der Waals surface area contributed by atoms with E-state index in [1.807, 2.05) is 13.8 Å². The van der Waals surface area contributed by atoms with Crippen LogP contribution in [0.1, 0.15) is 63.3 Å². The second kappa shape index (κ2) is 9.70. The Balaban J connectivity index is 2.41. The van der Waals surface area contributed by atoms with Gasteiger partial charge in [-0.3, -0.25) is 9.48 Å². The van der Waals surface area contributed by atoms with E-state index < -0.39 is 17.8 Å². The van der Waals surface area contributed by atoms with Gasteiger partial charge in [0.25, 0.3) is 5.91 Å². The third-order valence-electron chi connectivity index (χ3n) is 3.73. The summed E-state index contributed by atoms with van der Waals surface area (Å²) in [7, 11) is 0. The van der Waals surface area contributed by atoms with Crippen LogP contribution in [-0.4, -0.2) is 40.8 Å². The topological polar surface area (TPSA) is 99.5 Å². The first-order valence-electron chi connectivity index (χ1n) is 8.85. The molecule has 28 heavy (non-hydrogen) atoms. The number of aromatic nitrogens is 2. The Morgan fingerprint density at radius 3 is 2.50 bits per heavy atom. The monoisotopic (exact) mass is 427 g/mol. The molecule has 2 rings (SSSR count). The molecule has 2 heterocycles. The van der Waals surface area contributed by atoms with Crippen LogP contribution in [0.15, 0.2) is 6.20 Å². The van der Waals surface area contributed by atoms with Gasteiger partial charge in [-0.15, -0.1) is 11.3 Å². The molecule has 0 aromatic carbocycles. The van der Waals surface area contributed by atoms with Gasteiger partial charge in [-0.1, -0.05) is 18.5 Å². The number of anilines is 1. The van der Waals surface area contributed by atoms with Crippen molar-refractivity contribution in [2.75, 3.05) is 18.5 Å². The van der Waals surface area contributed by atoms with Gasteiger partial charge in [-0.25, -0.2) is 9.59 Å². The predicted molar refractivity (Wildman–Crippen MR) is 106 cm³/mol.